The minimum atomic E-state index is -0.0939. The maximum Gasteiger partial charge on any atom is 0.220 e. The van der Waals surface area contributed by atoms with Crippen LogP contribution in [0.5, 0.6) is 0 Å². The lowest BCUT2D eigenvalue weighted by Crippen LogP contribution is -2.31. The third-order valence-electron chi connectivity index (χ3n) is 1.44. The van der Waals surface area contributed by atoms with Gasteiger partial charge in [-0.05, 0) is 6.42 Å². The molecule has 6 heteroatoms. The van der Waals surface area contributed by atoms with Gasteiger partial charge in [-0.1, -0.05) is 0 Å². The number of nitrogens with two attached hydrogens (primary N) is 2. The number of rotatable bonds is 4. The molecule has 0 saturated carbocycles. The zero-order valence-electron chi connectivity index (χ0n) is 8.08. The van der Waals surface area contributed by atoms with Crippen LogP contribution < -0.4 is 11.5 Å². The van der Waals surface area contributed by atoms with Crippen molar-refractivity contribution in [3.8, 4) is 0 Å². The van der Waals surface area contributed by atoms with E-state index < -0.39 is 0 Å². The van der Waals surface area contributed by atoms with Gasteiger partial charge in [0, 0.05) is 27.3 Å². The maximum absolute atomic E-state index is 7.40. The predicted octanol–water partition coefficient (Wildman–Crippen LogP) is -0.837. The third kappa shape index (κ3) is 5.92. The summed E-state index contributed by atoms with van der Waals surface area (Å²) < 4.78 is 4.87. The van der Waals surface area contributed by atoms with Crippen LogP contribution in [0, 0.1) is 5.41 Å². The minimum absolute atomic E-state index is 0.0658. The molecule has 13 heavy (non-hydrogen) atoms. The van der Waals surface area contributed by atoms with Gasteiger partial charge < -0.3 is 21.1 Å². The Kier molecular flexibility index (Phi) is 5.62. The average Bonchev–Trinajstić information content (AvgIpc) is 2.03. The molecule has 0 unspecified atom stereocenters. The molecule has 0 bridgehead atoms. The zero-order valence-corrected chi connectivity index (χ0v) is 8.08. The molecule has 0 amide bonds. The van der Waals surface area contributed by atoms with Gasteiger partial charge in [-0.25, -0.2) is 0 Å². The number of nitrogens with one attached hydrogen (secondary N) is 1. The molecule has 0 radical (unpaired) electrons. The Morgan fingerprint density at radius 1 is 1.54 bits per heavy atom. The molecule has 0 aliphatic rings. The average molecular weight is 187 g/mol. The lowest BCUT2D eigenvalue weighted by atomic mass is 10.4. The highest BCUT2D eigenvalue weighted by Gasteiger charge is 2.01. The van der Waals surface area contributed by atoms with Crippen molar-refractivity contribution in [2.75, 3.05) is 27.3 Å². The van der Waals surface area contributed by atoms with Crippen molar-refractivity contribution < 1.29 is 4.74 Å². The molecule has 0 atom stereocenters. The van der Waals surface area contributed by atoms with Gasteiger partial charge in [0.05, 0.1) is 0 Å². The fraction of sp³-hybridized carbons (Fsp3) is 0.714. The number of hydrogen-bond acceptors (Lipinski definition) is 2. The summed E-state index contributed by atoms with van der Waals surface area (Å²) in [5.74, 6) is -0.0281. The summed E-state index contributed by atoms with van der Waals surface area (Å²) in [6, 6.07) is 0. The Labute approximate surface area is 78.1 Å². The highest BCUT2D eigenvalue weighted by atomic mass is 16.5. The molecule has 6 nitrogen and oxygen atoms in total. The summed E-state index contributed by atoms with van der Waals surface area (Å²) in [5.41, 5.74) is 10.2. The van der Waals surface area contributed by atoms with Gasteiger partial charge in [-0.3, -0.25) is 5.41 Å². The molecule has 0 spiro atoms. The quantitative estimate of drug-likeness (QED) is 0.303. The van der Waals surface area contributed by atoms with Crippen molar-refractivity contribution in [3.63, 3.8) is 0 Å². The van der Waals surface area contributed by atoms with Gasteiger partial charge in [-0.2, -0.15) is 4.99 Å². The van der Waals surface area contributed by atoms with E-state index in [1.165, 1.54) is 0 Å². The molecular formula is C7H17N5O. The summed E-state index contributed by atoms with van der Waals surface area (Å²) in [5, 5.41) is 7.40. The Bertz CT molecular complexity index is 187. The lowest BCUT2D eigenvalue weighted by molar-refractivity contribution is 0.188. The van der Waals surface area contributed by atoms with Gasteiger partial charge >= 0.3 is 0 Å². The van der Waals surface area contributed by atoms with Crippen molar-refractivity contribution in [2.24, 2.45) is 16.5 Å². The van der Waals surface area contributed by atoms with Crippen LogP contribution in [0.1, 0.15) is 6.42 Å². The molecular weight excluding hydrogens is 170 g/mol. The van der Waals surface area contributed by atoms with Gasteiger partial charge in [0.25, 0.3) is 0 Å². The van der Waals surface area contributed by atoms with Gasteiger partial charge in [0.2, 0.25) is 5.96 Å². The second kappa shape index (κ2) is 6.24. The first kappa shape index (κ1) is 11.7. The maximum atomic E-state index is 7.40. The number of hydrogen-bond donors (Lipinski definition) is 3. The second-order valence-corrected chi connectivity index (χ2v) is 2.63. The third-order valence-corrected chi connectivity index (χ3v) is 1.44. The second-order valence-electron chi connectivity index (χ2n) is 2.63. The molecule has 0 aromatic heterocycles. The topological polar surface area (TPSA) is 101 Å². The molecule has 0 aliphatic heterocycles. The van der Waals surface area contributed by atoms with Crippen LogP contribution in [0.25, 0.3) is 0 Å². The molecule has 5 N–H and O–H groups in total. The summed E-state index contributed by atoms with van der Waals surface area (Å²) in [6.45, 7) is 1.36. The van der Waals surface area contributed by atoms with Crippen molar-refractivity contribution in [1.82, 2.24) is 4.90 Å². The zero-order chi connectivity index (χ0) is 10.3. The molecule has 76 valence electrons. The fourth-order valence-corrected chi connectivity index (χ4v) is 0.760. The van der Waals surface area contributed by atoms with E-state index in [-0.39, 0.29) is 11.9 Å². The first-order valence-electron chi connectivity index (χ1n) is 3.96. The number of aliphatic imine (C=N–C) groups is 1. The Balaban J connectivity index is 3.76. The van der Waals surface area contributed by atoms with E-state index in [0.717, 1.165) is 6.42 Å². The Hall–Kier alpha value is -1.30. The molecule has 0 aromatic rings. The van der Waals surface area contributed by atoms with Crippen LogP contribution in [0.15, 0.2) is 4.99 Å². The summed E-state index contributed by atoms with van der Waals surface area (Å²) >= 11 is 0. The van der Waals surface area contributed by atoms with Crippen LogP contribution in [-0.4, -0.2) is 44.1 Å². The normalized spacial score (nSPS) is 9.38. The van der Waals surface area contributed by atoms with E-state index in [1.54, 1.807) is 19.1 Å². The number of ether oxygens (including phenoxy) is 1. The lowest BCUT2D eigenvalue weighted by Gasteiger charge is -2.15. The first-order valence-corrected chi connectivity index (χ1v) is 3.96. The number of guanidine groups is 2. The van der Waals surface area contributed by atoms with Gasteiger partial charge in [-0.15, -0.1) is 0 Å². The van der Waals surface area contributed by atoms with Crippen molar-refractivity contribution in [1.29, 1.82) is 5.41 Å². The SMILES string of the molecule is COCCCN(C)C(=N)N=C(N)N. The molecule has 0 rings (SSSR count). The molecule has 0 aromatic carbocycles. The molecule has 0 heterocycles. The van der Waals surface area contributed by atoms with Crippen molar-refractivity contribution >= 4 is 11.9 Å². The first-order chi connectivity index (χ1) is 6.07. The minimum Gasteiger partial charge on any atom is -0.385 e. The standard InChI is InChI=1S/C7H17N5O/c1-12(4-3-5-13-2)7(10)11-6(8)9/h3-5H2,1-2H3,(H5,8,9,10,11). The smallest absolute Gasteiger partial charge is 0.220 e. The van der Waals surface area contributed by atoms with Gasteiger partial charge in [0.15, 0.2) is 5.96 Å². The predicted molar refractivity (Wildman–Crippen MR) is 52.7 cm³/mol. The molecule has 0 aliphatic carbocycles. The Morgan fingerprint density at radius 2 is 2.15 bits per heavy atom. The van der Waals surface area contributed by atoms with E-state index >= 15 is 0 Å². The van der Waals surface area contributed by atoms with Crippen LogP contribution >= 0.6 is 0 Å². The highest BCUT2D eigenvalue weighted by Crippen LogP contribution is 1.90. The number of methoxy groups -OCH3 is 1. The van der Waals surface area contributed by atoms with E-state index in [2.05, 4.69) is 4.99 Å². The van der Waals surface area contributed by atoms with Gasteiger partial charge in [0.1, 0.15) is 0 Å². The Morgan fingerprint density at radius 3 is 2.62 bits per heavy atom. The van der Waals surface area contributed by atoms with Crippen molar-refractivity contribution in [3.05, 3.63) is 0 Å². The van der Waals surface area contributed by atoms with Crippen LogP contribution in [-0.2, 0) is 4.74 Å². The van der Waals surface area contributed by atoms with E-state index in [9.17, 15) is 0 Å². The summed E-state index contributed by atoms with van der Waals surface area (Å²) in [6.07, 6.45) is 0.843. The monoisotopic (exact) mass is 187 g/mol. The largest absolute Gasteiger partial charge is 0.385 e. The number of nitrogens with zero attached hydrogens (tertiary/aromatic N) is 2. The van der Waals surface area contributed by atoms with Crippen LogP contribution in [0.2, 0.25) is 0 Å². The van der Waals surface area contributed by atoms with Crippen LogP contribution in [0.3, 0.4) is 0 Å². The molecule has 0 fully saturated rings. The van der Waals surface area contributed by atoms with Crippen LogP contribution in [0.4, 0.5) is 0 Å². The van der Waals surface area contributed by atoms with E-state index in [4.69, 9.17) is 21.6 Å². The van der Waals surface area contributed by atoms with E-state index in [1.807, 2.05) is 0 Å². The van der Waals surface area contributed by atoms with Crippen molar-refractivity contribution in [2.45, 2.75) is 6.42 Å². The summed E-state index contributed by atoms with van der Waals surface area (Å²) in [7, 11) is 3.39. The van der Waals surface area contributed by atoms with E-state index in [0.29, 0.717) is 13.2 Å². The highest BCUT2D eigenvalue weighted by molar-refractivity contribution is 5.91. The summed E-state index contributed by atoms with van der Waals surface area (Å²) in [4.78, 5) is 5.25. The molecule has 0 saturated heterocycles. The fourth-order valence-electron chi connectivity index (χ4n) is 0.760.